The number of morpholine rings is 1. The topological polar surface area (TPSA) is 49.8 Å². The number of rotatable bonds is 5. The third-order valence-corrected chi connectivity index (χ3v) is 2.67. The zero-order chi connectivity index (χ0) is 12.9. The third kappa shape index (κ3) is 5.88. The first-order valence-corrected chi connectivity index (χ1v) is 5.49. The summed E-state index contributed by atoms with van der Waals surface area (Å²) in [6, 6.07) is -0.311. The molecule has 0 aromatic rings. The summed E-state index contributed by atoms with van der Waals surface area (Å²) in [5.74, 6) is -0.957. The second kappa shape index (κ2) is 6.20. The van der Waals surface area contributed by atoms with Gasteiger partial charge in [0, 0.05) is 19.0 Å². The van der Waals surface area contributed by atoms with Crippen molar-refractivity contribution in [1.82, 2.24) is 4.90 Å². The van der Waals surface area contributed by atoms with E-state index in [9.17, 15) is 18.0 Å². The van der Waals surface area contributed by atoms with E-state index < -0.39 is 18.6 Å². The quantitative estimate of drug-likeness (QED) is 0.809. The SMILES string of the molecule is O=C(O)CC1COCCN1CCCC(F)(F)F. The molecule has 1 rings (SSSR count). The summed E-state index contributed by atoms with van der Waals surface area (Å²) in [6.07, 6.45) is -5.07. The third-order valence-electron chi connectivity index (χ3n) is 2.67. The summed E-state index contributed by atoms with van der Waals surface area (Å²) in [5.41, 5.74) is 0. The van der Waals surface area contributed by atoms with E-state index in [1.54, 1.807) is 4.90 Å². The van der Waals surface area contributed by atoms with Crippen LogP contribution in [0.25, 0.3) is 0 Å². The molecule has 17 heavy (non-hydrogen) atoms. The monoisotopic (exact) mass is 255 g/mol. The van der Waals surface area contributed by atoms with Crippen LogP contribution in [0.3, 0.4) is 0 Å². The number of hydrogen-bond acceptors (Lipinski definition) is 3. The number of ether oxygens (including phenoxy) is 1. The van der Waals surface area contributed by atoms with Gasteiger partial charge in [0.1, 0.15) is 0 Å². The molecule has 0 radical (unpaired) electrons. The van der Waals surface area contributed by atoms with E-state index in [0.717, 1.165) is 0 Å². The van der Waals surface area contributed by atoms with Gasteiger partial charge in [0.05, 0.1) is 19.6 Å². The number of carboxylic acids is 1. The Morgan fingerprint density at radius 1 is 1.47 bits per heavy atom. The van der Waals surface area contributed by atoms with Crippen molar-refractivity contribution in [3.8, 4) is 0 Å². The van der Waals surface area contributed by atoms with E-state index in [-0.39, 0.29) is 32.0 Å². The van der Waals surface area contributed by atoms with Crippen molar-refractivity contribution < 1.29 is 27.8 Å². The second-order valence-corrected chi connectivity index (χ2v) is 4.08. The van der Waals surface area contributed by atoms with E-state index in [2.05, 4.69) is 0 Å². The second-order valence-electron chi connectivity index (χ2n) is 4.08. The van der Waals surface area contributed by atoms with Gasteiger partial charge in [0.25, 0.3) is 0 Å². The highest BCUT2D eigenvalue weighted by Gasteiger charge is 2.29. The van der Waals surface area contributed by atoms with Crippen LogP contribution >= 0.6 is 0 Å². The normalized spacial score (nSPS) is 22.6. The Kier molecular flexibility index (Phi) is 5.20. The van der Waals surface area contributed by atoms with Crippen LogP contribution in [0.4, 0.5) is 13.2 Å². The summed E-state index contributed by atoms with van der Waals surface area (Å²) in [5, 5.41) is 8.68. The summed E-state index contributed by atoms with van der Waals surface area (Å²) < 4.78 is 41.1. The van der Waals surface area contributed by atoms with Gasteiger partial charge >= 0.3 is 12.1 Å². The lowest BCUT2D eigenvalue weighted by Gasteiger charge is -2.34. The van der Waals surface area contributed by atoms with E-state index in [1.807, 2.05) is 0 Å². The molecular formula is C10H16F3NO3. The molecule has 4 nitrogen and oxygen atoms in total. The van der Waals surface area contributed by atoms with Crippen LogP contribution in [0.5, 0.6) is 0 Å². The largest absolute Gasteiger partial charge is 0.481 e. The standard InChI is InChI=1S/C10H16F3NO3/c11-10(12,13)2-1-3-14-4-5-17-7-8(14)6-9(15)16/h8H,1-7H2,(H,15,16). The highest BCUT2D eigenvalue weighted by molar-refractivity contribution is 5.67. The Hall–Kier alpha value is -0.820. The smallest absolute Gasteiger partial charge is 0.389 e. The molecule has 1 aliphatic rings. The van der Waals surface area contributed by atoms with Crippen LogP contribution < -0.4 is 0 Å². The molecule has 0 saturated carbocycles. The zero-order valence-electron chi connectivity index (χ0n) is 9.37. The molecule has 1 aliphatic heterocycles. The maximum atomic E-state index is 12.0. The molecule has 0 spiro atoms. The van der Waals surface area contributed by atoms with Crippen LogP contribution in [0, 0.1) is 0 Å². The fourth-order valence-corrected chi connectivity index (χ4v) is 1.86. The fourth-order valence-electron chi connectivity index (χ4n) is 1.86. The molecule has 1 unspecified atom stereocenters. The van der Waals surface area contributed by atoms with Gasteiger partial charge in [0.2, 0.25) is 0 Å². The predicted molar refractivity (Wildman–Crippen MR) is 53.7 cm³/mol. The number of aliphatic carboxylic acids is 1. The summed E-state index contributed by atoms with van der Waals surface area (Å²) >= 11 is 0. The molecule has 1 saturated heterocycles. The van der Waals surface area contributed by atoms with Crippen molar-refractivity contribution >= 4 is 5.97 Å². The maximum absolute atomic E-state index is 12.0. The minimum absolute atomic E-state index is 0.000378. The first kappa shape index (κ1) is 14.2. The van der Waals surface area contributed by atoms with Crippen LogP contribution in [0.15, 0.2) is 0 Å². The number of alkyl halides is 3. The average molecular weight is 255 g/mol. The van der Waals surface area contributed by atoms with Crippen LogP contribution in [-0.2, 0) is 9.53 Å². The first-order valence-electron chi connectivity index (χ1n) is 5.49. The van der Waals surface area contributed by atoms with Gasteiger partial charge < -0.3 is 9.84 Å². The molecule has 100 valence electrons. The lowest BCUT2D eigenvalue weighted by molar-refractivity contribution is -0.142. The number of carbonyl (C=O) groups is 1. The molecule has 1 N–H and O–H groups in total. The highest BCUT2D eigenvalue weighted by Crippen LogP contribution is 2.22. The molecule has 0 aromatic carbocycles. The Labute approximate surface area is 97.3 Å². The fraction of sp³-hybridized carbons (Fsp3) is 0.900. The van der Waals surface area contributed by atoms with Crippen molar-refractivity contribution in [1.29, 1.82) is 0 Å². The molecule has 0 aliphatic carbocycles. The van der Waals surface area contributed by atoms with Gasteiger partial charge in [-0.25, -0.2) is 0 Å². The van der Waals surface area contributed by atoms with E-state index >= 15 is 0 Å². The molecule has 0 aromatic heterocycles. The highest BCUT2D eigenvalue weighted by atomic mass is 19.4. The van der Waals surface area contributed by atoms with Crippen LogP contribution in [0.2, 0.25) is 0 Å². The van der Waals surface area contributed by atoms with Crippen molar-refractivity contribution in [3.63, 3.8) is 0 Å². The van der Waals surface area contributed by atoms with E-state index in [4.69, 9.17) is 9.84 Å². The van der Waals surface area contributed by atoms with Gasteiger partial charge in [-0.1, -0.05) is 0 Å². The summed E-state index contributed by atoms with van der Waals surface area (Å²) in [4.78, 5) is 12.4. The first-order chi connectivity index (χ1) is 7.88. The minimum Gasteiger partial charge on any atom is -0.481 e. The number of hydrogen-bond donors (Lipinski definition) is 1. The Balaban J connectivity index is 2.35. The summed E-state index contributed by atoms with van der Waals surface area (Å²) in [6.45, 7) is 1.48. The predicted octanol–water partition coefficient (Wildman–Crippen LogP) is 1.50. The van der Waals surface area contributed by atoms with E-state index in [1.165, 1.54) is 0 Å². The van der Waals surface area contributed by atoms with Gasteiger partial charge in [-0.2, -0.15) is 13.2 Å². The molecule has 7 heteroatoms. The van der Waals surface area contributed by atoms with Crippen LogP contribution in [-0.4, -0.2) is 54.5 Å². The van der Waals surface area contributed by atoms with Crippen molar-refractivity contribution in [2.45, 2.75) is 31.5 Å². The lowest BCUT2D eigenvalue weighted by atomic mass is 10.1. The van der Waals surface area contributed by atoms with Gasteiger partial charge in [0.15, 0.2) is 0 Å². The Morgan fingerprint density at radius 3 is 2.76 bits per heavy atom. The van der Waals surface area contributed by atoms with Gasteiger partial charge in [-0.05, 0) is 13.0 Å². The zero-order valence-corrected chi connectivity index (χ0v) is 9.37. The number of halogens is 3. The Morgan fingerprint density at radius 2 is 2.18 bits per heavy atom. The van der Waals surface area contributed by atoms with Crippen molar-refractivity contribution in [3.05, 3.63) is 0 Å². The lowest BCUT2D eigenvalue weighted by Crippen LogP contribution is -2.46. The average Bonchev–Trinajstić information content (AvgIpc) is 2.18. The van der Waals surface area contributed by atoms with Crippen molar-refractivity contribution in [2.24, 2.45) is 0 Å². The molecule has 1 heterocycles. The Bertz CT molecular complexity index is 258. The minimum atomic E-state index is -4.14. The van der Waals surface area contributed by atoms with Crippen molar-refractivity contribution in [2.75, 3.05) is 26.3 Å². The number of nitrogens with zero attached hydrogens (tertiary/aromatic N) is 1. The molecular weight excluding hydrogens is 239 g/mol. The van der Waals surface area contributed by atoms with E-state index in [0.29, 0.717) is 13.2 Å². The van der Waals surface area contributed by atoms with Crippen LogP contribution in [0.1, 0.15) is 19.3 Å². The molecule has 0 amide bonds. The van der Waals surface area contributed by atoms with Gasteiger partial charge in [-0.15, -0.1) is 0 Å². The summed E-state index contributed by atoms with van der Waals surface area (Å²) in [7, 11) is 0. The molecule has 1 atom stereocenters. The molecule has 1 fully saturated rings. The molecule has 0 bridgehead atoms. The maximum Gasteiger partial charge on any atom is 0.389 e. The van der Waals surface area contributed by atoms with Gasteiger partial charge in [-0.3, -0.25) is 9.69 Å². The number of carboxylic acid groups (broad SMARTS) is 1.